The van der Waals surface area contributed by atoms with Crippen molar-refractivity contribution >= 4 is 22.6 Å². The summed E-state index contributed by atoms with van der Waals surface area (Å²) in [5.41, 5.74) is 0. The Hall–Kier alpha value is -0.620. The summed E-state index contributed by atoms with van der Waals surface area (Å²) in [4.78, 5) is 0. The average molecular weight is 594 g/mol. The zero-order valence-corrected chi connectivity index (χ0v) is 16.1. The average Bonchev–Trinajstić information content (AvgIpc) is 2.52. The molecule has 0 aliphatic heterocycles. The van der Waals surface area contributed by atoms with Crippen molar-refractivity contribution in [1.82, 2.24) is 0 Å². The van der Waals surface area contributed by atoms with Gasteiger partial charge in [-0.3, -0.25) is 0 Å². The Labute approximate surface area is 171 Å². The molecule has 0 aliphatic carbocycles. The largest absolute Gasteiger partial charge is 0.460 e. The summed E-state index contributed by atoms with van der Waals surface area (Å²) in [6.45, 7) is -0.511. The molecule has 0 aromatic rings. The van der Waals surface area contributed by atoms with Gasteiger partial charge in [0.2, 0.25) is 0 Å². The van der Waals surface area contributed by atoms with E-state index in [4.69, 9.17) is 5.11 Å². The SMILES string of the molecule is OCCCCC(I)=CC(F)(F)C(F)(F)C(F)(F)C(F)(F)C(F)(F)C(F)(F)C(F)(F)F. The highest BCUT2D eigenvalue weighted by atomic mass is 127. The molecule has 0 radical (unpaired) electrons. The molecular formula is C13H10F15IO. The van der Waals surface area contributed by atoms with Gasteiger partial charge in [-0.1, -0.05) is 0 Å². The molecule has 0 spiro atoms. The molecule has 0 bridgehead atoms. The minimum absolute atomic E-state index is 0.102. The lowest BCUT2D eigenvalue weighted by atomic mass is 9.91. The predicted molar refractivity (Wildman–Crippen MR) is 78.8 cm³/mol. The van der Waals surface area contributed by atoms with Crippen LogP contribution in [0.1, 0.15) is 19.3 Å². The van der Waals surface area contributed by atoms with Crippen LogP contribution in [0.4, 0.5) is 65.9 Å². The Morgan fingerprint density at radius 1 is 0.600 bits per heavy atom. The van der Waals surface area contributed by atoms with E-state index >= 15 is 0 Å². The van der Waals surface area contributed by atoms with Crippen molar-refractivity contribution in [3.05, 3.63) is 9.66 Å². The molecule has 0 unspecified atom stereocenters. The van der Waals surface area contributed by atoms with Crippen LogP contribution in [0.25, 0.3) is 0 Å². The Bertz CT molecular complexity index is 623. The molecule has 0 fully saturated rings. The van der Waals surface area contributed by atoms with E-state index in [0.29, 0.717) is 0 Å². The first kappa shape index (κ1) is 29.4. The number of unbranched alkanes of at least 4 members (excludes halogenated alkanes) is 1. The Kier molecular flexibility index (Phi) is 8.54. The van der Waals surface area contributed by atoms with Gasteiger partial charge < -0.3 is 5.11 Å². The molecule has 0 amide bonds. The number of allylic oxidation sites excluding steroid dienone is 2. The summed E-state index contributed by atoms with van der Waals surface area (Å²) in [5.74, 6) is -46.5. The zero-order chi connectivity index (χ0) is 24.6. The highest BCUT2D eigenvalue weighted by molar-refractivity contribution is 14.1. The topological polar surface area (TPSA) is 20.2 Å². The Balaban J connectivity index is 6.32. The lowest BCUT2D eigenvalue weighted by Gasteiger charge is -2.41. The van der Waals surface area contributed by atoms with Gasteiger partial charge in [0.1, 0.15) is 0 Å². The summed E-state index contributed by atoms with van der Waals surface area (Å²) in [7, 11) is 0. The predicted octanol–water partition coefficient (Wildman–Crippen LogP) is 6.84. The standard InChI is InChI=1S/C13H10F15IO/c14-7(15,5-6(29)3-1-2-4-30)8(16,17)9(18,19)10(20,21)11(22,23)12(24,25)13(26,27)28/h5,30H,1-4H2. The maximum Gasteiger partial charge on any atom is 0.460 e. The van der Waals surface area contributed by atoms with Gasteiger partial charge in [-0.25, -0.2) is 0 Å². The zero-order valence-electron chi connectivity index (χ0n) is 13.9. The normalized spacial score (nSPS) is 16.2. The number of rotatable bonds is 10. The first-order valence-corrected chi connectivity index (χ1v) is 8.35. The molecular weight excluding hydrogens is 584 g/mol. The van der Waals surface area contributed by atoms with E-state index in [2.05, 4.69) is 0 Å². The van der Waals surface area contributed by atoms with Crippen molar-refractivity contribution in [2.75, 3.05) is 6.61 Å². The van der Waals surface area contributed by atoms with Crippen LogP contribution < -0.4 is 0 Å². The maximum atomic E-state index is 13.6. The fourth-order valence-electron chi connectivity index (χ4n) is 1.74. The maximum absolute atomic E-state index is 13.6. The number of hydrogen-bond acceptors (Lipinski definition) is 1. The van der Waals surface area contributed by atoms with E-state index in [1.807, 2.05) is 0 Å². The number of aliphatic hydroxyl groups is 1. The van der Waals surface area contributed by atoms with E-state index in [-0.39, 0.29) is 12.8 Å². The van der Waals surface area contributed by atoms with Crippen LogP contribution >= 0.6 is 22.6 Å². The third kappa shape index (κ3) is 4.74. The third-order valence-corrected chi connectivity index (χ3v) is 4.36. The molecule has 0 aromatic carbocycles. The summed E-state index contributed by atoms with van der Waals surface area (Å²) < 4.78 is 194. The van der Waals surface area contributed by atoms with Crippen LogP contribution in [-0.2, 0) is 0 Å². The van der Waals surface area contributed by atoms with Gasteiger partial charge >= 0.3 is 41.7 Å². The molecule has 0 aliphatic rings. The van der Waals surface area contributed by atoms with Crippen molar-refractivity contribution in [2.24, 2.45) is 0 Å². The molecule has 0 saturated heterocycles. The van der Waals surface area contributed by atoms with Gasteiger partial charge in [0.05, 0.1) is 0 Å². The minimum Gasteiger partial charge on any atom is -0.396 e. The first-order valence-electron chi connectivity index (χ1n) is 7.27. The van der Waals surface area contributed by atoms with Crippen LogP contribution in [0.2, 0.25) is 0 Å². The first-order chi connectivity index (χ1) is 13.0. The molecule has 17 heteroatoms. The molecule has 1 N–H and O–H groups in total. The fraction of sp³-hybridized carbons (Fsp3) is 0.846. The number of alkyl halides is 15. The van der Waals surface area contributed by atoms with Crippen molar-refractivity contribution < 1.29 is 71.0 Å². The second kappa shape index (κ2) is 8.73. The van der Waals surface area contributed by atoms with Gasteiger partial charge in [-0.05, 0) is 45.4 Å². The smallest absolute Gasteiger partial charge is 0.396 e. The molecule has 1 nitrogen and oxygen atoms in total. The fourth-order valence-corrected chi connectivity index (χ4v) is 2.52. The summed E-state index contributed by atoms with van der Waals surface area (Å²) in [6.07, 6.45) is -9.56. The van der Waals surface area contributed by atoms with Crippen molar-refractivity contribution in [1.29, 1.82) is 0 Å². The van der Waals surface area contributed by atoms with E-state index < -0.39 is 64.4 Å². The number of hydrogen-bond donors (Lipinski definition) is 1. The lowest BCUT2D eigenvalue weighted by molar-refractivity contribution is -0.449. The van der Waals surface area contributed by atoms with Gasteiger partial charge in [-0.15, -0.1) is 0 Å². The van der Waals surface area contributed by atoms with E-state index in [0.717, 1.165) is 22.6 Å². The molecule has 0 rings (SSSR count). The number of aliphatic hydroxyl groups excluding tert-OH is 1. The molecule has 0 atom stereocenters. The van der Waals surface area contributed by atoms with Crippen molar-refractivity contribution in [3.63, 3.8) is 0 Å². The Morgan fingerprint density at radius 2 is 0.967 bits per heavy atom. The summed E-state index contributed by atoms with van der Waals surface area (Å²) >= 11 is 0.852. The van der Waals surface area contributed by atoms with E-state index in [1.54, 1.807) is 0 Å². The van der Waals surface area contributed by atoms with Crippen molar-refractivity contribution in [2.45, 2.75) is 61.0 Å². The van der Waals surface area contributed by atoms with Gasteiger partial charge in [-0.2, -0.15) is 65.9 Å². The minimum atomic E-state index is -8.28. The lowest BCUT2D eigenvalue weighted by Crippen LogP contribution is -2.72. The summed E-state index contributed by atoms with van der Waals surface area (Å²) in [6, 6.07) is 0. The molecule has 0 saturated carbocycles. The quantitative estimate of drug-likeness (QED) is 0.167. The van der Waals surface area contributed by atoms with Crippen LogP contribution in [-0.4, -0.2) is 53.4 Å². The molecule has 0 aromatic heterocycles. The van der Waals surface area contributed by atoms with Crippen LogP contribution in [0.3, 0.4) is 0 Å². The second-order valence-electron chi connectivity index (χ2n) is 5.76. The third-order valence-electron chi connectivity index (χ3n) is 3.51. The monoisotopic (exact) mass is 594 g/mol. The highest BCUT2D eigenvalue weighted by Crippen LogP contribution is 2.62. The van der Waals surface area contributed by atoms with E-state index in [9.17, 15) is 65.9 Å². The van der Waals surface area contributed by atoms with Gasteiger partial charge in [0, 0.05) is 12.7 Å². The van der Waals surface area contributed by atoms with Crippen molar-refractivity contribution in [3.8, 4) is 0 Å². The molecule has 30 heavy (non-hydrogen) atoms. The molecule has 0 heterocycles. The van der Waals surface area contributed by atoms with Crippen LogP contribution in [0, 0.1) is 0 Å². The number of halogens is 16. The van der Waals surface area contributed by atoms with Gasteiger partial charge in [0.15, 0.2) is 0 Å². The Morgan fingerprint density at radius 3 is 1.33 bits per heavy atom. The van der Waals surface area contributed by atoms with Crippen LogP contribution in [0.15, 0.2) is 9.66 Å². The summed E-state index contributed by atoms with van der Waals surface area (Å²) in [5, 5.41) is 8.45. The highest BCUT2D eigenvalue weighted by Gasteiger charge is 2.93. The molecule has 180 valence electrons. The van der Waals surface area contributed by atoms with Crippen LogP contribution in [0.5, 0.6) is 0 Å². The van der Waals surface area contributed by atoms with E-state index in [1.165, 1.54) is 0 Å². The second-order valence-corrected chi connectivity index (χ2v) is 7.15. The van der Waals surface area contributed by atoms with Gasteiger partial charge in [0.25, 0.3) is 0 Å².